The van der Waals surface area contributed by atoms with Crippen molar-refractivity contribution in [1.29, 1.82) is 0 Å². The molecule has 1 aliphatic heterocycles. The lowest BCUT2D eigenvalue weighted by Crippen LogP contribution is -2.54. The topological polar surface area (TPSA) is 105 Å². The highest BCUT2D eigenvalue weighted by Gasteiger charge is 2.34. The first kappa shape index (κ1) is 26.3. The van der Waals surface area contributed by atoms with E-state index >= 15 is 0 Å². The van der Waals surface area contributed by atoms with Gasteiger partial charge in [-0.1, -0.05) is 24.3 Å². The molecule has 0 bridgehead atoms. The molecular formula is C27H21IN2O6S. The standard InChI is InChI=1S/C27H21IN2O6S/c1-2-35-23-13-17(8-11-22(23)36-15-16-6-9-19(28)10-7-16)12-21-24(31)29-27(37)30(25(21)32)20-5-3-4-18(14-20)26(33)34/h3-14H,2,15H2,1H3,(H,33,34)(H,29,31,37). The molecule has 0 aliphatic carbocycles. The van der Waals surface area contributed by atoms with Crippen LogP contribution >= 0.6 is 34.8 Å². The fourth-order valence-corrected chi connectivity index (χ4v) is 4.22. The lowest BCUT2D eigenvalue weighted by atomic mass is 10.1. The molecule has 8 nitrogen and oxygen atoms in total. The van der Waals surface area contributed by atoms with Gasteiger partial charge in [0.15, 0.2) is 16.6 Å². The van der Waals surface area contributed by atoms with Crippen LogP contribution in [0.15, 0.2) is 72.3 Å². The lowest BCUT2D eigenvalue weighted by molar-refractivity contribution is -0.122. The Balaban J connectivity index is 1.62. The number of nitrogens with zero attached hydrogens (tertiary/aromatic N) is 1. The number of carboxylic acid groups (broad SMARTS) is 1. The Bertz CT molecular complexity index is 1420. The molecule has 3 aromatic carbocycles. The molecule has 0 saturated carbocycles. The quantitative estimate of drug-likeness (QED) is 0.160. The predicted octanol–water partition coefficient (Wildman–Crippen LogP) is 4.80. The number of aromatic carboxylic acids is 1. The number of carbonyl (C=O) groups excluding carboxylic acids is 2. The normalized spacial score (nSPS) is 14.5. The van der Waals surface area contributed by atoms with E-state index in [2.05, 4.69) is 27.9 Å². The summed E-state index contributed by atoms with van der Waals surface area (Å²) in [5, 5.41) is 11.7. The van der Waals surface area contributed by atoms with Crippen molar-refractivity contribution < 1.29 is 29.0 Å². The van der Waals surface area contributed by atoms with Crippen LogP contribution in [0, 0.1) is 3.57 Å². The molecule has 4 rings (SSSR count). The van der Waals surface area contributed by atoms with Gasteiger partial charge in [-0.2, -0.15) is 0 Å². The molecule has 1 fully saturated rings. The number of hydrogen-bond donors (Lipinski definition) is 2. The van der Waals surface area contributed by atoms with E-state index in [-0.39, 0.29) is 21.9 Å². The zero-order valence-corrected chi connectivity index (χ0v) is 22.5. The molecule has 0 spiro atoms. The number of halogens is 1. The number of nitrogens with one attached hydrogen (secondary N) is 1. The van der Waals surface area contributed by atoms with Gasteiger partial charge in [0.05, 0.1) is 17.9 Å². The third-order valence-corrected chi connectivity index (χ3v) is 6.34. The van der Waals surface area contributed by atoms with Crippen molar-refractivity contribution in [1.82, 2.24) is 5.32 Å². The van der Waals surface area contributed by atoms with E-state index in [1.54, 1.807) is 24.3 Å². The number of carboxylic acids is 1. The highest BCUT2D eigenvalue weighted by atomic mass is 127. The van der Waals surface area contributed by atoms with E-state index in [4.69, 9.17) is 21.7 Å². The number of benzene rings is 3. The smallest absolute Gasteiger partial charge is 0.335 e. The van der Waals surface area contributed by atoms with Crippen LogP contribution in [0.3, 0.4) is 0 Å². The summed E-state index contributed by atoms with van der Waals surface area (Å²) < 4.78 is 12.8. The molecule has 1 saturated heterocycles. The van der Waals surface area contributed by atoms with Crippen molar-refractivity contribution in [3.63, 3.8) is 0 Å². The van der Waals surface area contributed by atoms with Crippen LogP contribution < -0.4 is 19.7 Å². The van der Waals surface area contributed by atoms with Crippen LogP contribution in [0.5, 0.6) is 11.5 Å². The number of amides is 2. The summed E-state index contributed by atoms with van der Waals surface area (Å²) >= 11 is 7.44. The van der Waals surface area contributed by atoms with Crippen LogP contribution in [0.4, 0.5) is 5.69 Å². The van der Waals surface area contributed by atoms with Gasteiger partial charge in [-0.05, 0) is 101 Å². The van der Waals surface area contributed by atoms with Gasteiger partial charge >= 0.3 is 5.97 Å². The minimum atomic E-state index is -1.15. The average Bonchev–Trinajstić information content (AvgIpc) is 2.87. The highest BCUT2D eigenvalue weighted by molar-refractivity contribution is 14.1. The van der Waals surface area contributed by atoms with Crippen molar-refractivity contribution in [2.45, 2.75) is 13.5 Å². The fourth-order valence-electron chi connectivity index (χ4n) is 3.58. The molecule has 2 N–H and O–H groups in total. The van der Waals surface area contributed by atoms with Crippen molar-refractivity contribution >= 4 is 69.5 Å². The monoisotopic (exact) mass is 628 g/mol. The van der Waals surface area contributed by atoms with E-state index in [9.17, 15) is 19.5 Å². The Kier molecular flexibility index (Phi) is 8.19. The van der Waals surface area contributed by atoms with E-state index in [1.165, 1.54) is 24.3 Å². The predicted molar refractivity (Wildman–Crippen MR) is 151 cm³/mol. The highest BCUT2D eigenvalue weighted by Crippen LogP contribution is 2.31. The summed E-state index contributed by atoms with van der Waals surface area (Å²) in [5.41, 5.74) is 1.59. The molecule has 0 radical (unpaired) electrons. The zero-order valence-electron chi connectivity index (χ0n) is 19.6. The van der Waals surface area contributed by atoms with Gasteiger partial charge in [-0.15, -0.1) is 0 Å². The molecule has 1 heterocycles. The molecule has 3 aromatic rings. The molecule has 37 heavy (non-hydrogen) atoms. The number of rotatable bonds is 8. The number of anilines is 1. The molecule has 0 atom stereocenters. The molecule has 1 aliphatic rings. The van der Waals surface area contributed by atoms with Crippen LogP contribution in [0.2, 0.25) is 0 Å². The van der Waals surface area contributed by atoms with Crippen LogP contribution in [0.1, 0.15) is 28.4 Å². The first-order valence-electron chi connectivity index (χ1n) is 11.2. The molecule has 188 valence electrons. The Morgan fingerprint density at radius 2 is 1.81 bits per heavy atom. The SMILES string of the molecule is CCOc1cc(C=C2C(=O)NC(=S)N(c3cccc(C(=O)O)c3)C2=O)ccc1OCc1ccc(I)cc1. The summed E-state index contributed by atoms with van der Waals surface area (Å²) in [6, 6.07) is 18.8. The van der Waals surface area contributed by atoms with Gasteiger partial charge in [-0.25, -0.2) is 4.79 Å². The van der Waals surface area contributed by atoms with E-state index in [1.807, 2.05) is 31.2 Å². The van der Waals surface area contributed by atoms with Gasteiger partial charge in [-0.3, -0.25) is 19.8 Å². The number of hydrogen-bond acceptors (Lipinski definition) is 6. The zero-order chi connectivity index (χ0) is 26.5. The second-order valence-electron chi connectivity index (χ2n) is 7.87. The second-order valence-corrected chi connectivity index (χ2v) is 9.50. The molecular weight excluding hydrogens is 607 g/mol. The Hall–Kier alpha value is -3.77. The molecule has 2 amide bonds. The molecule has 0 unspecified atom stereocenters. The van der Waals surface area contributed by atoms with Crippen LogP contribution in [-0.2, 0) is 16.2 Å². The summed E-state index contributed by atoms with van der Waals surface area (Å²) in [7, 11) is 0. The van der Waals surface area contributed by atoms with Crippen molar-refractivity contribution in [2.24, 2.45) is 0 Å². The first-order chi connectivity index (χ1) is 17.8. The fraction of sp³-hybridized carbons (Fsp3) is 0.111. The summed E-state index contributed by atoms with van der Waals surface area (Å²) in [6.45, 7) is 2.58. The number of ether oxygens (including phenoxy) is 2. The van der Waals surface area contributed by atoms with Crippen molar-refractivity contribution in [2.75, 3.05) is 11.5 Å². The van der Waals surface area contributed by atoms with Gasteiger partial charge in [0.1, 0.15) is 12.2 Å². The lowest BCUT2D eigenvalue weighted by Gasteiger charge is -2.29. The van der Waals surface area contributed by atoms with Crippen LogP contribution in [-0.4, -0.2) is 34.6 Å². The van der Waals surface area contributed by atoms with E-state index in [0.29, 0.717) is 30.3 Å². The maximum absolute atomic E-state index is 13.3. The van der Waals surface area contributed by atoms with Gasteiger partial charge < -0.3 is 14.6 Å². The summed E-state index contributed by atoms with van der Waals surface area (Å²) in [5.74, 6) is -1.49. The maximum atomic E-state index is 13.3. The Labute approximate surface area is 232 Å². The minimum absolute atomic E-state index is 0.0160. The van der Waals surface area contributed by atoms with Crippen molar-refractivity contribution in [3.8, 4) is 11.5 Å². The van der Waals surface area contributed by atoms with Gasteiger partial charge in [0, 0.05) is 3.57 Å². The Morgan fingerprint density at radius 1 is 1.05 bits per heavy atom. The Morgan fingerprint density at radius 3 is 2.51 bits per heavy atom. The second kappa shape index (κ2) is 11.5. The summed E-state index contributed by atoms with van der Waals surface area (Å²) in [4.78, 5) is 38.4. The van der Waals surface area contributed by atoms with Gasteiger partial charge in [0.25, 0.3) is 11.8 Å². The van der Waals surface area contributed by atoms with E-state index in [0.717, 1.165) is 14.0 Å². The van der Waals surface area contributed by atoms with Gasteiger partial charge in [0.2, 0.25) is 0 Å². The molecule has 10 heteroatoms. The third-order valence-electron chi connectivity index (χ3n) is 5.34. The van der Waals surface area contributed by atoms with Crippen LogP contribution in [0.25, 0.3) is 6.08 Å². The summed E-state index contributed by atoms with van der Waals surface area (Å²) in [6.07, 6.45) is 1.43. The number of thiocarbonyl (C=S) groups is 1. The average molecular weight is 628 g/mol. The van der Waals surface area contributed by atoms with Crippen molar-refractivity contribution in [3.05, 3.63) is 92.6 Å². The third kappa shape index (κ3) is 6.15. The molecule has 0 aromatic heterocycles. The maximum Gasteiger partial charge on any atom is 0.335 e. The largest absolute Gasteiger partial charge is 0.490 e. The minimum Gasteiger partial charge on any atom is -0.490 e. The number of carbonyl (C=O) groups is 3. The van der Waals surface area contributed by atoms with E-state index < -0.39 is 17.8 Å². The first-order valence-corrected chi connectivity index (χ1v) is 12.6.